The highest BCUT2D eigenvalue weighted by molar-refractivity contribution is 6.03. The van der Waals surface area contributed by atoms with Crippen LogP contribution in [-0.2, 0) is 0 Å². The monoisotopic (exact) mass is 323 g/mol. The Hall–Kier alpha value is -3.15. The summed E-state index contributed by atoms with van der Waals surface area (Å²) in [6.45, 7) is 3.70. The van der Waals surface area contributed by atoms with E-state index >= 15 is 0 Å². The van der Waals surface area contributed by atoms with E-state index in [4.69, 9.17) is 9.26 Å². The summed E-state index contributed by atoms with van der Waals surface area (Å²) in [7, 11) is 0. The number of anilines is 1. The topological polar surface area (TPSA) is 77.2 Å². The molecule has 1 amide bonds. The summed E-state index contributed by atoms with van der Waals surface area (Å²) in [5.74, 6) is 1.15. The summed E-state index contributed by atoms with van der Waals surface area (Å²) in [6, 6.07) is 14.8. The molecule has 0 bridgehead atoms. The van der Waals surface area contributed by atoms with Crippen molar-refractivity contribution in [2.75, 3.05) is 5.32 Å². The van der Waals surface area contributed by atoms with Gasteiger partial charge in [0.2, 0.25) is 5.88 Å². The molecule has 3 rings (SSSR count). The SMILES string of the molecule is Cc1cc(NC(=O)c2ccc(O[C@H](C)c3ccccc3)nc2)no1. The lowest BCUT2D eigenvalue weighted by Crippen LogP contribution is -2.12. The molecule has 6 heteroatoms. The number of benzene rings is 1. The number of ether oxygens (including phenoxy) is 1. The van der Waals surface area contributed by atoms with Crippen LogP contribution in [0.3, 0.4) is 0 Å². The van der Waals surface area contributed by atoms with Crippen LogP contribution in [0.1, 0.15) is 34.7 Å². The minimum absolute atomic E-state index is 0.128. The van der Waals surface area contributed by atoms with Crippen LogP contribution in [0.15, 0.2) is 59.3 Å². The summed E-state index contributed by atoms with van der Waals surface area (Å²) >= 11 is 0. The molecule has 122 valence electrons. The van der Waals surface area contributed by atoms with Crippen LogP contribution in [0.25, 0.3) is 0 Å². The van der Waals surface area contributed by atoms with Crippen molar-refractivity contribution in [3.05, 3.63) is 71.6 Å². The molecule has 1 aromatic carbocycles. The number of hydrogen-bond acceptors (Lipinski definition) is 5. The lowest BCUT2D eigenvalue weighted by Gasteiger charge is -2.14. The van der Waals surface area contributed by atoms with Crippen LogP contribution in [0.2, 0.25) is 0 Å². The fraction of sp³-hybridized carbons (Fsp3) is 0.167. The molecule has 2 heterocycles. The van der Waals surface area contributed by atoms with E-state index in [1.165, 1.54) is 6.20 Å². The molecule has 0 radical (unpaired) electrons. The molecule has 24 heavy (non-hydrogen) atoms. The molecule has 0 spiro atoms. The second-order valence-corrected chi connectivity index (χ2v) is 5.33. The zero-order chi connectivity index (χ0) is 16.9. The third-order valence-electron chi connectivity index (χ3n) is 3.43. The Bertz CT molecular complexity index is 813. The van der Waals surface area contributed by atoms with E-state index in [1.807, 2.05) is 37.3 Å². The maximum atomic E-state index is 12.1. The molecule has 0 fully saturated rings. The summed E-state index contributed by atoms with van der Waals surface area (Å²) in [5, 5.41) is 6.36. The van der Waals surface area contributed by atoms with E-state index in [0.717, 1.165) is 5.56 Å². The van der Waals surface area contributed by atoms with E-state index in [9.17, 15) is 4.79 Å². The summed E-state index contributed by atoms with van der Waals surface area (Å²) in [5.41, 5.74) is 1.47. The first kappa shape index (κ1) is 15.7. The van der Waals surface area contributed by atoms with Crippen LogP contribution >= 0.6 is 0 Å². The molecule has 1 atom stereocenters. The summed E-state index contributed by atoms with van der Waals surface area (Å²) < 4.78 is 10.7. The zero-order valence-electron chi connectivity index (χ0n) is 13.4. The van der Waals surface area contributed by atoms with E-state index in [0.29, 0.717) is 23.0 Å². The molecule has 0 aliphatic carbocycles. The standard InChI is InChI=1S/C18H17N3O3/c1-12-10-16(21-24-12)20-18(22)15-8-9-17(19-11-15)23-13(2)14-6-4-3-5-7-14/h3-11,13H,1-2H3,(H,20,21,22)/t13-/m1/s1. The molecule has 0 aliphatic heterocycles. The molecule has 6 nitrogen and oxygen atoms in total. The lowest BCUT2D eigenvalue weighted by molar-refractivity contribution is 0.102. The first-order valence-electron chi connectivity index (χ1n) is 7.54. The Kier molecular flexibility index (Phi) is 4.56. The highest BCUT2D eigenvalue weighted by atomic mass is 16.5. The number of aromatic nitrogens is 2. The number of aryl methyl sites for hydroxylation is 1. The minimum atomic E-state index is -0.307. The third kappa shape index (κ3) is 3.78. The van der Waals surface area contributed by atoms with Gasteiger partial charge in [-0.15, -0.1) is 0 Å². The van der Waals surface area contributed by atoms with Gasteiger partial charge in [-0.05, 0) is 25.5 Å². The smallest absolute Gasteiger partial charge is 0.258 e. The van der Waals surface area contributed by atoms with Crippen molar-refractivity contribution in [2.45, 2.75) is 20.0 Å². The largest absolute Gasteiger partial charge is 0.470 e. The molecule has 0 saturated carbocycles. The third-order valence-corrected chi connectivity index (χ3v) is 3.43. The Morgan fingerprint density at radius 1 is 1.21 bits per heavy atom. The molecule has 2 aromatic heterocycles. The van der Waals surface area contributed by atoms with Gasteiger partial charge < -0.3 is 14.6 Å². The number of pyridine rings is 1. The van der Waals surface area contributed by atoms with Crippen molar-refractivity contribution in [1.82, 2.24) is 10.1 Å². The molecule has 0 unspecified atom stereocenters. The molecule has 3 aromatic rings. The van der Waals surface area contributed by atoms with Gasteiger partial charge in [-0.3, -0.25) is 4.79 Å². The fourth-order valence-corrected chi connectivity index (χ4v) is 2.17. The van der Waals surface area contributed by atoms with Crippen molar-refractivity contribution in [3.63, 3.8) is 0 Å². The number of nitrogens with zero attached hydrogens (tertiary/aromatic N) is 2. The predicted molar refractivity (Wildman–Crippen MR) is 88.9 cm³/mol. The van der Waals surface area contributed by atoms with Crippen LogP contribution in [0, 0.1) is 6.92 Å². The first-order valence-corrected chi connectivity index (χ1v) is 7.54. The van der Waals surface area contributed by atoms with Crippen molar-refractivity contribution in [3.8, 4) is 5.88 Å². The van der Waals surface area contributed by atoms with Crippen molar-refractivity contribution in [2.24, 2.45) is 0 Å². The summed E-state index contributed by atoms with van der Waals surface area (Å²) in [4.78, 5) is 16.3. The minimum Gasteiger partial charge on any atom is -0.470 e. The van der Waals surface area contributed by atoms with Gasteiger partial charge in [-0.2, -0.15) is 0 Å². The molecular weight excluding hydrogens is 306 g/mol. The van der Waals surface area contributed by atoms with Gasteiger partial charge in [0.15, 0.2) is 5.82 Å². The second-order valence-electron chi connectivity index (χ2n) is 5.33. The van der Waals surface area contributed by atoms with Crippen molar-refractivity contribution < 1.29 is 14.1 Å². The Labute approximate surface area is 139 Å². The molecule has 1 N–H and O–H groups in total. The van der Waals surface area contributed by atoms with Gasteiger partial charge in [0.1, 0.15) is 11.9 Å². The number of hydrogen-bond donors (Lipinski definition) is 1. The molecular formula is C18H17N3O3. The van der Waals surface area contributed by atoms with Crippen LogP contribution in [0.4, 0.5) is 5.82 Å². The fourth-order valence-electron chi connectivity index (χ4n) is 2.17. The van der Waals surface area contributed by atoms with Crippen molar-refractivity contribution >= 4 is 11.7 Å². The van der Waals surface area contributed by atoms with Gasteiger partial charge in [-0.25, -0.2) is 4.98 Å². The van der Waals surface area contributed by atoms with Gasteiger partial charge in [0.25, 0.3) is 5.91 Å². The number of nitrogens with one attached hydrogen (secondary N) is 1. The quantitative estimate of drug-likeness (QED) is 0.773. The van der Waals surface area contributed by atoms with Gasteiger partial charge in [0, 0.05) is 18.3 Å². The van der Waals surface area contributed by atoms with Gasteiger partial charge in [-0.1, -0.05) is 35.5 Å². The van der Waals surface area contributed by atoms with Gasteiger partial charge in [0.05, 0.1) is 5.56 Å². The highest BCUT2D eigenvalue weighted by Gasteiger charge is 2.11. The van der Waals surface area contributed by atoms with E-state index < -0.39 is 0 Å². The van der Waals surface area contributed by atoms with Gasteiger partial charge >= 0.3 is 0 Å². The maximum Gasteiger partial charge on any atom is 0.258 e. The van der Waals surface area contributed by atoms with Crippen molar-refractivity contribution in [1.29, 1.82) is 0 Å². The average molecular weight is 323 g/mol. The van der Waals surface area contributed by atoms with E-state index in [-0.39, 0.29) is 12.0 Å². The number of carbonyl (C=O) groups excluding carboxylic acids is 1. The Balaban J connectivity index is 1.63. The van der Waals surface area contributed by atoms with E-state index in [2.05, 4.69) is 15.5 Å². The first-order chi connectivity index (χ1) is 11.6. The normalized spacial score (nSPS) is 11.8. The Morgan fingerprint density at radius 2 is 2.00 bits per heavy atom. The van der Waals surface area contributed by atoms with Crippen LogP contribution in [0.5, 0.6) is 5.88 Å². The maximum absolute atomic E-state index is 12.1. The number of rotatable bonds is 5. The average Bonchev–Trinajstić information content (AvgIpc) is 3.01. The van der Waals surface area contributed by atoms with E-state index in [1.54, 1.807) is 25.1 Å². The summed E-state index contributed by atoms with van der Waals surface area (Å²) in [6.07, 6.45) is 1.34. The number of carbonyl (C=O) groups is 1. The lowest BCUT2D eigenvalue weighted by atomic mass is 10.1. The Morgan fingerprint density at radius 3 is 2.62 bits per heavy atom. The highest BCUT2D eigenvalue weighted by Crippen LogP contribution is 2.20. The predicted octanol–water partition coefficient (Wildman–Crippen LogP) is 3.77. The van der Waals surface area contributed by atoms with Crippen LogP contribution < -0.4 is 10.1 Å². The van der Waals surface area contributed by atoms with Crippen LogP contribution in [-0.4, -0.2) is 16.0 Å². The zero-order valence-corrected chi connectivity index (χ0v) is 13.4. The second kappa shape index (κ2) is 6.95. The number of amides is 1. The molecule has 0 aliphatic rings. The molecule has 0 saturated heterocycles.